The van der Waals surface area contributed by atoms with E-state index in [2.05, 4.69) is 16.4 Å². The quantitative estimate of drug-likeness (QED) is 0.910. The first kappa shape index (κ1) is 13.3. The molecule has 4 nitrogen and oxygen atoms in total. The van der Waals surface area contributed by atoms with Crippen LogP contribution in [0.25, 0.3) is 0 Å². The van der Waals surface area contributed by atoms with E-state index in [1.807, 2.05) is 18.2 Å². The third-order valence-corrected chi connectivity index (χ3v) is 4.42. The zero-order valence-electron chi connectivity index (χ0n) is 11.0. The lowest BCUT2D eigenvalue weighted by Crippen LogP contribution is -2.38. The molecule has 5 heteroatoms. The summed E-state index contributed by atoms with van der Waals surface area (Å²) in [6.07, 6.45) is 1.83. The van der Waals surface area contributed by atoms with Gasteiger partial charge in [-0.2, -0.15) is 0 Å². The van der Waals surface area contributed by atoms with E-state index in [1.54, 1.807) is 10.9 Å². The molecule has 2 atom stereocenters. The first-order valence-electron chi connectivity index (χ1n) is 6.67. The van der Waals surface area contributed by atoms with Gasteiger partial charge in [0.05, 0.1) is 11.6 Å². The highest BCUT2D eigenvalue weighted by Crippen LogP contribution is 2.34. The summed E-state index contributed by atoms with van der Waals surface area (Å²) in [6.45, 7) is 0.0797. The van der Waals surface area contributed by atoms with Crippen LogP contribution in [0.3, 0.4) is 0 Å². The second-order valence-electron chi connectivity index (χ2n) is 5.00. The van der Waals surface area contributed by atoms with Crippen LogP contribution in [-0.4, -0.2) is 22.6 Å². The Morgan fingerprint density at radius 1 is 1.45 bits per heavy atom. The summed E-state index contributed by atoms with van der Waals surface area (Å²) in [7, 11) is 0. The van der Waals surface area contributed by atoms with E-state index in [0.717, 1.165) is 18.4 Å². The van der Waals surface area contributed by atoms with Gasteiger partial charge < -0.3 is 10.4 Å². The van der Waals surface area contributed by atoms with Crippen LogP contribution in [0, 0.1) is 5.92 Å². The number of carbonyl (C=O) groups is 1. The summed E-state index contributed by atoms with van der Waals surface area (Å²) in [4.78, 5) is 16.2. The lowest BCUT2D eigenvalue weighted by molar-refractivity contribution is 0.0889. The molecule has 0 aliphatic heterocycles. The highest BCUT2D eigenvalue weighted by atomic mass is 32.1. The number of aliphatic hydroxyl groups is 1. The Bertz CT molecular complexity index is 598. The largest absolute Gasteiger partial charge is 0.396 e. The van der Waals surface area contributed by atoms with Gasteiger partial charge in [-0.25, -0.2) is 4.98 Å². The molecule has 0 spiro atoms. The first-order chi connectivity index (χ1) is 9.79. The van der Waals surface area contributed by atoms with Gasteiger partial charge >= 0.3 is 0 Å². The summed E-state index contributed by atoms with van der Waals surface area (Å²) >= 11 is 1.40. The smallest absolute Gasteiger partial charge is 0.271 e. The molecule has 0 saturated heterocycles. The maximum Gasteiger partial charge on any atom is 0.271 e. The molecular weight excluding hydrogens is 272 g/mol. The minimum atomic E-state index is -0.175. The summed E-state index contributed by atoms with van der Waals surface area (Å²) in [6, 6.07) is 7.96. The Hall–Kier alpha value is -1.72. The highest BCUT2D eigenvalue weighted by Gasteiger charge is 2.30. The first-order valence-corrected chi connectivity index (χ1v) is 7.61. The Morgan fingerprint density at radius 3 is 3.05 bits per heavy atom. The zero-order chi connectivity index (χ0) is 13.9. The summed E-state index contributed by atoms with van der Waals surface area (Å²) in [5, 5.41) is 14.3. The molecule has 2 N–H and O–H groups in total. The Kier molecular flexibility index (Phi) is 3.80. The van der Waals surface area contributed by atoms with E-state index in [0.29, 0.717) is 5.69 Å². The predicted molar refractivity (Wildman–Crippen MR) is 77.7 cm³/mol. The fourth-order valence-corrected chi connectivity index (χ4v) is 3.29. The molecule has 1 aliphatic carbocycles. The molecule has 3 rings (SSSR count). The Balaban J connectivity index is 1.87. The minimum absolute atomic E-state index is 0.0625. The molecule has 1 amide bonds. The molecule has 2 aromatic rings. The van der Waals surface area contributed by atoms with Crippen LogP contribution in [0.4, 0.5) is 0 Å². The maximum absolute atomic E-state index is 12.2. The van der Waals surface area contributed by atoms with Crippen molar-refractivity contribution in [1.82, 2.24) is 10.3 Å². The van der Waals surface area contributed by atoms with Gasteiger partial charge in [0.15, 0.2) is 0 Å². The third-order valence-electron chi connectivity index (χ3n) is 3.83. The van der Waals surface area contributed by atoms with Gasteiger partial charge in [-0.3, -0.25) is 4.79 Å². The molecular formula is C15H16N2O2S. The molecule has 20 heavy (non-hydrogen) atoms. The topological polar surface area (TPSA) is 62.2 Å². The molecule has 0 saturated carbocycles. The number of fused-ring (bicyclic) bond motifs is 1. The van der Waals surface area contributed by atoms with Crippen molar-refractivity contribution in [3.05, 3.63) is 52.0 Å². The summed E-state index contributed by atoms with van der Waals surface area (Å²) in [5.41, 5.74) is 4.45. The number of nitrogens with one attached hydrogen (secondary N) is 1. The highest BCUT2D eigenvalue weighted by molar-refractivity contribution is 7.07. The van der Waals surface area contributed by atoms with Gasteiger partial charge in [0.25, 0.3) is 5.91 Å². The van der Waals surface area contributed by atoms with Crippen molar-refractivity contribution in [3.8, 4) is 0 Å². The molecule has 104 valence electrons. The van der Waals surface area contributed by atoms with Gasteiger partial charge in [-0.1, -0.05) is 24.3 Å². The van der Waals surface area contributed by atoms with Crippen LogP contribution >= 0.6 is 11.3 Å². The molecule has 1 aromatic carbocycles. The SMILES string of the molecule is O=C(N[C@@H]1c2ccccc2CC[C@H]1CO)c1cscn1. The van der Waals surface area contributed by atoms with Crippen molar-refractivity contribution in [3.63, 3.8) is 0 Å². The van der Waals surface area contributed by atoms with E-state index in [9.17, 15) is 9.90 Å². The van der Waals surface area contributed by atoms with E-state index in [4.69, 9.17) is 0 Å². The molecule has 0 fully saturated rings. The number of hydrogen-bond donors (Lipinski definition) is 2. The van der Waals surface area contributed by atoms with Gasteiger partial charge in [0, 0.05) is 17.9 Å². The fraction of sp³-hybridized carbons (Fsp3) is 0.333. The number of rotatable bonds is 3. The monoisotopic (exact) mass is 288 g/mol. The molecule has 1 aliphatic rings. The number of amides is 1. The van der Waals surface area contributed by atoms with E-state index < -0.39 is 0 Å². The minimum Gasteiger partial charge on any atom is -0.396 e. The van der Waals surface area contributed by atoms with Gasteiger partial charge in [-0.05, 0) is 24.0 Å². The van der Waals surface area contributed by atoms with Crippen LogP contribution in [0.2, 0.25) is 0 Å². The van der Waals surface area contributed by atoms with Crippen molar-refractivity contribution in [2.75, 3.05) is 6.61 Å². The Labute approximate surface area is 121 Å². The van der Waals surface area contributed by atoms with E-state index in [1.165, 1.54) is 16.9 Å². The number of carbonyl (C=O) groups excluding carboxylic acids is 1. The summed E-state index contributed by atoms with van der Waals surface area (Å²) < 4.78 is 0. The van der Waals surface area contributed by atoms with Crippen molar-refractivity contribution in [2.45, 2.75) is 18.9 Å². The van der Waals surface area contributed by atoms with Crippen molar-refractivity contribution >= 4 is 17.2 Å². The second-order valence-corrected chi connectivity index (χ2v) is 5.72. The lowest BCUT2D eigenvalue weighted by Gasteiger charge is -2.33. The molecule has 0 bridgehead atoms. The average molecular weight is 288 g/mol. The molecule has 1 aromatic heterocycles. The number of aromatic nitrogens is 1. The average Bonchev–Trinajstić information content (AvgIpc) is 3.02. The number of aliphatic hydroxyl groups excluding tert-OH is 1. The van der Waals surface area contributed by atoms with Crippen LogP contribution in [0.1, 0.15) is 34.1 Å². The number of aryl methyl sites for hydroxylation is 1. The molecule has 1 heterocycles. The second kappa shape index (κ2) is 5.73. The van der Waals surface area contributed by atoms with Gasteiger partial charge in [-0.15, -0.1) is 11.3 Å². The van der Waals surface area contributed by atoms with Gasteiger partial charge in [0.1, 0.15) is 5.69 Å². The maximum atomic E-state index is 12.2. The summed E-state index contributed by atoms with van der Waals surface area (Å²) in [5.74, 6) is -0.112. The number of nitrogens with zero attached hydrogens (tertiary/aromatic N) is 1. The fourth-order valence-electron chi connectivity index (χ4n) is 2.76. The third kappa shape index (κ3) is 2.46. The van der Waals surface area contributed by atoms with Crippen LogP contribution in [0.5, 0.6) is 0 Å². The van der Waals surface area contributed by atoms with Crippen LogP contribution in [-0.2, 0) is 6.42 Å². The van der Waals surface area contributed by atoms with Crippen molar-refractivity contribution < 1.29 is 9.90 Å². The molecule has 0 radical (unpaired) electrons. The van der Waals surface area contributed by atoms with Gasteiger partial charge in [0.2, 0.25) is 0 Å². The van der Waals surface area contributed by atoms with Crippen molar-refractivity contribution in [2.24, 2.45) is 5.92 Å². The van der Waals surface area contributed by atoms with Crippen LogP contribution in [0.15, 0.2) is 35.2 Å². The van der Waals surface area contributed by atoms with Crippen LogP contribution < -0.4 is 5.32 Å². The van der Waals surface area contributed by atoms with E-state index >= 15 is 0 Å². The standard InChI is InChI=1S/C15H16N2O2S/c18-7-11-6-5-10-3-1-2-4-12(10)14(11)17-15(19)13-8-20-9-16-13/h1-4,8-9,11,14,18H,5-7H2,(H,17,19)/t11-,14-/m0/s1. The number of thiazole rings is 1. The number of benzene rings is 1. The lowest BCUT2D eigenvalue weighted by atomic mass is 9.80. The molecule has 0 unspecified atom stereocenters. The predicted octanol–water partition coefficient (Wildman–Crippen LogP) is 2.17. The van der Waals surface area contributed by atoms with E-state index in [-0.39, 0.29) is 24.5 Å². The zero-order valence-corrected chi connectivity index (χ0v) is 11.8. The number of hydrogen-bond acceptors (Lipinski definition) is 4. The normalized spacial score (nSPS) is 21.2. The van der Waals surface area contributed by atoms with Crippen molar-refractivity contribution in [1.29, 1.82) is 0 Å². The Morgan fingerprint density at radius 2 is 2.30 bits per heavy atom.